The average Bonchev–Trinajstić information content (AvgIpc) is 3.04. The maximum atomic E-state index is 12.8. The van der Waals surface area contributed by atoms with Crippen molar-refractivity contribution in [2.75, 3.05) is 13.2 Å². The van der Waals surface area contributed by atoms with Gasteiger partial charge in [0, 0.05) is 23.3 Å². The SMILES string of the molecule is CCOC(=O)C1CCCN1C(=O)c1cc(Br)cn1C(C)C. The Morgan fingerprint density at radius 3 is 2.81 bits per heavy atom. The van der Waals surface area contributed by atoms with Gasteiger partial charge in [0.1, 0.15) is 11.7 Å². The highest BCUT2D eigenvalue weighted by atomic mass is 79.9. The van der Waals surface area contributed by atoms with E-state index in [2.05, 4.69) is 15.9 Å². The molecule has 0 radical (unpaired) electrons. The second kappa shape index (κ2) is 6.64. The first-order valence-corrected chi connectivity index (χ1v) is 8.10. The standard InChI is InChI=1S/C15H21BrN2O3/c1-4-21-15(20)12-6-5-7-17(12)14(19)13-8-11(16)9-18(13)10(2)3/h8-10,12H,4-7H2,1-3H3. The minimum absolute atomic E-state index is 0.107. The third-order valence-electron chi connectivity index (χ3n) is 3.66. The Hall–Kier alpha value is -1.30. The van der Waals surface area contributed by atoms with Crippen LogP contribution in [0, 0.1) is 0 Å². The summed E-state index contributed by atoms with van der Waals surface area (Å²) >= 11 is 3.41. The quantitative estimate of drug-likeness (QED) is 0.779. The smallest absolute Gasteiger partial charge is 0.328 e. The predicted molar refractivity (Wildman–Crippen MR) is 83.2 cm³/mol. The molecule has 1 unspecified atom stereocenters. The highest BCUT2D eigenvalue weighted by Crippen LogP contribution is 2.25. The van der Waals surface area contributed by atoms with Gasteiger partial charge >= 0.3 is 5.97 Å². The molecule has 1 fully saturated rings. The van der Waals surface area contributed by atoms with Crippen molar-refractivity contribution in [2.24, 2.45) is 0 Å². The number of esters is 1. The van der Waals surface area contributed by atoms with Crippen LogP contribution in [0.4, 0.5) is 0 Å². The Morgan fingerprint density at radius 2 is 2.19 bits per heavy atom. The Labute approximate surface area is 133 Å². The van der Waals surface area contributed by atoms with Crippen LogP contribution in [0.1, 0.15) is 50.1 Å². The second-order valence-electron chi connectivity index (χ2n) is 5.45. The fraction of sp³-hybridized carbons (Fsp3) is 0.600. The maximum Gasteiger partial charge on any atom is 0.328 e. The Morgan fingerprint density at radius 1 is 1.48 bits per heavy atom. The zero-order chi connectivity index (χ0) is 15.6. The van der Waals surface area contributed by atoms with Crippen LogP contribution in [0.25, 0.3) is 0 Å². The molecule has 2 heterocycles. The molecule has 0 N–H and O–H groups in total. The Balaban J connectivity index is 2.25. The summed E-state index contributed by atoms with van der Waals surface area (Å²) < 4.78 is 7.87. The summed E-state index contributed by atoms with van der Waals surface area (Å²) in [6.07, 6.45) is 3.40. The van der Waals surface area contributed by atoms with Crippen LogP contribution in [-0.2, 0) is 9.53 Å². The molecule has 21 heavy (non-hydrogen) atoms. The van der Waals surface area contributed by atoms with Gasteiger partial charge in [-0.15, -0.1) is 0 Å². The molecule has 0 bridgehead atoms. The number of nitrogens with zero attached hydrogens (tertiary/aromatic N) is 2. The average molecular weight is 357 g/mol. The van der Waals surface area contributed by atoms with Crippen molar-refractivity contribution in [3.63, 3.8) is 0 Å². The van der Waals surface area contributed by atoms with Crippen molar-refractivity contribution in [1.29, 1.82) is 0 Å². The summed E-state index contributed by atoms with van der Waals surface area (Å²) in [6, 6.07) is 1.54. The Bertz CT molecular complexity index is 539. The van der Waals surface area contributed by atoms with E-state index in [0.717, 1.165) is 10.9 Å². The molecule has 1 amide bonds. The van der Waals surface area contributed by atoms with Crippen LogP contribution in [0.15, 0.2) is 16.7 Å². The van der Waals surface area contributed by atoms with Crippen molar-refractivity contribution in [2.45, 2.75) is 45.7 Å². The number of aromatic nitrogens is 1. The molecular formula is C15H21BrN2O3. The van der Waals surface area contributed by atoms with Crippen molar-refractivity contribution < 1.29 is 14.3 Å². The van der Waals surface area contributed by atoms with Crippen molar-refractivity contribution >= 4 is 27.8 Å². The summed E-state index contributed by atoms with van der Waals surface area (Å²) in [7, 11) is 0. The van der Waals surface area contributed by atoms with E-state index < -0.39 is 6.04 Å². The van der Waals surface area contributed by atoms with Gasteiger partial charge in [0.25, 0.3) is 5.91 Å². The molecule has 1 saturated heterocycles. The summed E-state index contributed by atoms with van der Waals surface area (Å²) in [5, 5.41) is 0. The number of rotatable bonds is 4. The predicted octanol–water partition coefficient (Wildman–Crippen LogP) is 3.00. The molecule has 5 nitrogen and oxygen atoms in total. The minimum atomic E-state index is -0.452. The number of amides is 1. The third kappa shape index (κ3) is 3.31. The van der Waals surface area contributed by atoms with Crippen molar-refractivity contribution in [1.82, 2.24) is 9.47 Å². The summed E-state index contributed by atoms with van der Waals surface area (Å²) in [6.45, 7) is 6.76. The number of carbonyl (C=O) groups is 2. The molecule has 2 rings (SSSR count). The van der Waals surface area contributed by atoms with Crippen LogP contribution in [-0.4, -0.2) is 40.5 Å². The largest absolute Gasteiger partial charge is 0.464 e. The highest BCUT2D eigenvalue weighted by Gasteiger charge is 2.36. The van der Waals surface area contributed by atoms with Gasteiger partial charge in [0.05, 0.1) is 6.61 Å². The number of ether oxygens (including phenoxy) is 1. The highest BCUT2D eigenvalue weighted by molar-refractivity contribution is 9.10. The molecule has 0 saturated carbocycles. The molecule has 0 spiro atoms. The summed E-state index contributed by atoms with van der Waals surface area (Å²) in [5.74, 6) is -0.407. The van der Waals surface area contributed by atoms with E-state index in [1.807, 2.05) is 30.7 Å². The number of hydrogen-bond acceptors (Lipinski definition) is 3. The maximum absolute atomic E-state index is 12.8. The van der Waals surface area contributed by atoms with Crippen LogP contribution < -0.4 is 0 Å². The molecule has 0 aromatic carbocycles. The molecule has 116 valence electrons. The van der Waals surface area contributed by atoms with Gasteiger partial charge in [-0.25, -0.2) is 4.79 Å². The van der Waals surface area contributed by atoms with Gasteiger partial charge in [0.2, 0.25) is 0 Å². The lowest BCUT2D eigenvalue weighted by Gasteiger charge is -2.24. The third-order valence-corrected chi connectivity index (χ3v) is 4.10. The van der Waals surface area contributed by atoms with Gasteiger partial charge in [0.15, 0.2) is 0 Å². The molecule has 1 aliphatic rings. The lowest BCUT2D eigenvalue weighted by atomic mass is 10.2. The number of halogens is 1. The first-order valence-electron chi connectivity index (χ1n) is 7.30. The number of carbonyl (C=O) groups excluding carboxylic acids is 2. The van der Waals surface area contributed by atoms with E-state index in [1.165, 1.54) is 0 Å². The van der Waals surface area contributed by atoms with Gasteiger partial charge < -0.3 is 14.2 Å². The molecule has 1 atom stereocenters. The molecule has 6 heteroatoms. The summed E-state index contributed by atoms with van der Waals surface area (Å²) in [5.41, 5.74) is 0.605. The van der Waals surface area contributed by atoms with Crippen LogP contribution in [0.5, 0.6) is 0 Å². The fourth-order valence-electron chi connectivity index (χ4n) is 2.68. The molecule has 1 aliphatic heterocycles. The molecular weight excluding hydrogens is 336 g/mol. The summed E-state index contributed by atoms with van der Waals surface area (Å²) in [4.78, 5) is 26.4. The molecule has 0 aliphatic carbocycles. The van der Waals surface area contributed by atoms with Crippen LogP contribution >= 0.6 is 15.9 Å². The first-order chi connectivity index (χ1) is 9.95. The van der Waals surface area contributed by atoms with Gasteiger partial charge in [-0.1, -0.05) is 0 Å². The molecule has 1 aromatic heterocycles. The van der Waals surface area contributed by atoms with Gasteiger partial charge in [-0.05, 0) is 55.6 Å². The van der Waals surface area contributed by atoms with Gasteiger partial charge in [-0.3, -0.25) is 4.79 Å². The minimum Gasteiger partial charge on any atom is -0.464 e. The van der Waals surface area contributed by atoms with Crippen LogP contribution in [0.3, 0.4) is 0 Å². The number of hydrogen-bond donors (Lipinski definition) is 0. The normalized spacial score (nSPS) is 18.3. The fourth-order valence-corrected chi connectivity index (χ4v) is 3.12. The van der Waals surface area contributed by atoms with E-state index >= 15 is 0 Å². The number of likely N-dealkylation sites (tertiary alicyclic amines) is 1. The zero-order valence-electron chi connectivity index (χ0n) is 12.6. The lowest BCUT2D eigenvalue weighted by Crippen LogP contribution is -2.42. The molecule has 1 aromatic rings. The van der Waals surface area contributed by atoms with E-state index in [9.17, 15) is 9.59 Å². The first kappa shape index (κ1) is 16.1. The lowest BCUT2D eigenvalue weighted by molar-refractivity contribution is -0.147. The topological polar surface area (TPSA) is 51.5 Å². The van der Waals surface area contributed by atoms with E-state index in [-0.39, 0.29) is 17.9 Å². The Kier molecular flexibility index (Phi) is 5.08. The van der Waals surface area contributed by atoms with E-state index in [4.69, 9.17) is 4.74 Å². The van der Waals surface area contributed by atoms with Crippen molar-refractivity contribution in [3.8, 4) is 0 Å². The van der Waals surface area contributed by atoms with Crippen LogP contribution in [0.2, 0.25) is 0 Å². The van der Waals surface area contributed by atoms with Gasteiger partial charge in [-0.2, -0.15) is 0 Å². The second-order valence-corrected chi connectivity index (χ2v) is 6.37. The van der Waals surface area contributed by atoms with E-state index in [0.29, 0.717) is 25.3 Å². The monoisotopic (exact) mass is 356 g/mol. The zero-order valence-corrected chi connectivity index (χ0v) is 14.2. The van der Waals surface area contributed by atoms with E-state index in [1.54, 1.807) is 11.8 Å². The van der Waals surface area contributed by atoms with Crippen molar-refractivity contribution in [3.05, 3.63) is 22.4 Å².